The van der Waals surface area contributed by atoms with Gasteiger partial charge in [0.1, 0.15) is 5.75 Å². The van der Waals surface area contributed by atoms with Crippen molar-refractivity contribution in [3.8, 4) is 5.75 Å². The summed E-state index contributed by atoms with van der Waals surface area (Å²) in [5.74, 6) is 0.597. The summed E-state index contributed by atoms with van der Waals surface area (Å²) in [7, 11) is 5.52. The second-order valence-electron chi connectivity index (χ2n) is 4.63. The third-order valence-corrected chi connectivity index (χ3v) is 2.97. The SMILES string of the molecule is COc1ccc(C(=O)Nc2cccc(N(C)C)c2)cc1. The van der Waals surface area contributed by atoms with Crippen molar-refractivity contribution in [2.24, 2.45) is 0 Å². The predicted molar refractivity (Wildman–Crippen MR) is 81.7 cm³/mol. The van der Waals surface area contributed by atoms with E-state index in [-0.39, 0.29) is 5.91 Å². The predicted octanol–water partition coefficient (Wildman–Crippen LogP) is 3.01. The molecule has 2 aromatic carbocycles. The topological polar surface area (TPSA) is 41.6 Å². The van der Waals surface area contributed by atoms with E-state index in [1.807, 2.05) is 43.3 Å². The second-order valence-corrected chi connectivity index (χ2v) is 4.63. The van der Waals surface area contributed by atoms with Gasteiger partial charge in [-0.1, -0.05) is 6.07 Å². The van der Waals surface area contributed by atoms with Gasteiger partial charge in [-0.3, -0.25) is 4.79 Å². The summed E-state index contributed by atoms with van der Waals surface area (Å²) < 4.78 is 5.07. The number of amides is 1. The number of carbonyl (C=O) groups is 1. The normalized spacial score (nSPS) is 9.95. The van der Waals surface area contributed by atoms with Gasteiger partial charge in [0.15, 0.2) is 0 Å². The minimum Gasteiger partial charge on any atom is -0.497 e. The zero-order valence-corrected chi connectivity index (χ0v) is 11.9. The van der Waals surface area contributed by atoms with Crippen molar-refractivity contribution in [3.63, 3.8) is 0 Å². The largest absolute Gasteiger partial charge is 0.497 e. The zero-order valence-electron chi connectivity index (χ0n) is 11.9. The van der Waals surface area contributed by atoms with Crippen LogP contribution in [0.5, 0.6) is 5.75 Å². The molecule has 0 atom stereocenters. The van der Waals surface area contributed by atoms with Gasteiger partial charge in [0.2, 0.25) is 0 Å². The maximum Gasteiger partial charge on any atom is 0.255 e. The number of methoxy groups -OCH3 is 1. The molecule has 0 unspecified atom stereocenters. The Bertz CT molecular complexity index is 592. The Balaban J connectivity index is 2.12. The number of ether oxygens (including phenoxy) is 1. The van der Waals surface area contributed by atoms with E-state index in [9.17, 15) is 4.79 Å². The van der Waals surface area contributed by atoms with Crippen molar-refractivity contribution in [1.29, 1.82) is 0 Å². The van der Waals surface area contributed by atoms with E-state index in [0.717, 1.165) is 17.1 Å². The van der Waals surface area contributed by atoms with Crippen molar-refractivity contribution in [2.75, 3.05) is 31.4 Å². The second kappa shape index (κ2) is 6.10. The highest BCUT2D eigenvalue weighted by Gasteiger charge is 2.06. The van der Waals surface area contributed by atoms with E-state index in [2.05, 4.69) is 5.32 Å². The van der Waals surface area contributed by atoms with E-state index in [1.165, 1.54) is 0 Å². The Morgan fingerprint density at radius 1 is 1.10 bits per heavy atom. The van der Waals surface area contributed by atoms with Crippen LogP contribution in [-0.4, -0.2) is 27.1 Å². The standard InChI is InChI=1S/C16H18N2O2/c1-18(2)14-6-4-5-13(11-14)17-16(19)12-7-9-15(20-3)10-8-12/h4-11H,1-3H3,(H,17,19). The van der Waals surface area contributed by atoms with E-state index >= 15 is 0 Å². The van der Waals surface area contributed by atoms with Crippen molar-refractivity contribution in [2.45, 2.75) is 0 Å². The van der Waals surface area contributed by atoms with Gasteiger partial charge in [-0.2, -0.15) is 0 Å². The van der Waals surface area contributed by atoms with Crippen LogP contribution in [0.2, 0.25) is 0 Å². The highest BCUT2D eigenvalue weighted by Crippen LogP contribution is 2.18. The van der Waals surface area contributed by atoms with Gasteiger partial charge < -0.3 is 15.0 Å². The molecule has 0 bridgehead atoms. The van der Waals surface area contributed by atoms with Crippen LogP contribution in [0.1, 0.15) is 10.4 Å². The Morgan fingerprint density at radius 2 is 1.80 bits per heavy atom. The summed E-state index contributed by atoms with van der Waals surface area (Å²) in [4.78, 5) is 14.1. The number of rotatable bonds is 4. The molecule has 0 saturated heterocycles. The summed E-state index contributed by atoms with van der Waals surface area (Å²) in [6, 6.07) is 14.7. The monoisotopic (exact) mass is 270 g/mol. The Labute approximate surface area is 119 Å². The molecule has 4 nitrogen and oxygen atoms in total. The van der Waals surface area contributed by atoms with Crippen LogP contribution >= 0.6 is 0 Å². The Morgan fingerprint density at radius 3 is 2.40 bits per heavy atom. The van der Waals surface area contributed by atoms with Gasteiger partial charge in [-0.15, -0.1) is 0 Å². The van der Waals surface area contributed by atoms with Crippen molar-refractivity contribution in [3.05, 3.63) is 54.1 Å². The molecule has 0 saturated carbocycles. The molecule has 1 amide bonds. The van der Waals surface area contributed by atoms with E-state index in [4.69, 9.17) is 4.74 Å². The zero-order chi connectivity index (χ0) is 14.5. The van der Waals surface area contributed by atoms with Crippen LogP contribution in [0.25, 0.3) is 0 Å². The molecule has 20 heavy (non-hydrogen) atoms. The summed E-state index contributed by atoms with van der Waals surface area (Å²) in [6.07, 6.45) is 0. The van der Waals surface area contributed by atoms with Crippen LogP contribution in [0.4, 0.5) is 11.4 Å². The molecule has 0 aliphatic carbocycles. The highest BCUT2D eigenvalue weighted by atomic mass is 16.5. The number of benzene rings is 2. The molecule has 0 aromatic heterocycles. The van der Waals surface area contributed by atoms with Gasteiger partial charge >= 0.3 is 0 Å². The number of hydrogen-bond acceptors (Lipinski definition) is 3. The van der Waals surface area contributed by atoms with Gasteiger partial charge in [-0.05, 0) is 42.5 Å². The third-order valence-electron chi connectivity index (χ3n) is 2.97. The molecule has 0 fully saturated rings. The van der Waals surface area contributed by atoms with Gasteiger partial charge in [0.05, 0.1) is 7.11 Å². The molecule has 4 heteroatoms. The molecular weight excluding hydrogens is 252 g/mol. The average Bonchev–Trinajstić information content (AvgIpc) is 2.47. The molecule has 1 N–H and O–H groups in total. The average molecular weight is 270 g/mol. The van der Waals surface area contributed by atoms with Crippen LogP contribution in [0.3, 0.4) is 0 Å². The molecule has 2 aromatic rings. The van der Waals surface area contributed by atoms with E-state index in [1.54, 1.807) is 31.4 Å². The molecule has 0 heterocycles. The molecule has 0 spiro atoms. The first-order chi connectivity index (χ1) is 9.60. The summed E-state index contributed by atoms with van der Waals surface area (Å²) >= 11 is 0. The summed E-state index contributed by atoms with van der Waals surface area (Å²) in [6.45, 7) is 0. The number of anilines is 2. The fraction of sp³-hybridized carbons (Fsp3) is 0.188. The number of hydrogen-bond donors (Lipinski definition) is 1. The minimum atomic E-state index is -0.136. The molecule has 0 aliphatic rings. The molecule has 104 valence electrons. The maximum absolute atomic E-state index is 12.1. The lowest BCUT2D eigenvalue weighted by Crippen LogP contribution is -2.13. The summed E-state index contributed by atoms with van der Waals surface area (Å²) in [5.41, 5.74) is 2.41. The van der Waals surface area contributed by atoms with Gasteiger partial charge in [0.25, 0.3) is 5.91 Å². The number of nitrogens with one attached hydrogen (secondary N) is 1. The first-order valence-electron chi connectivity index (χ1n) is 6.33. The van der Waals surface area contributed by atoms with Crippen LogP contribution < -0.4 is 15.0 Å². The van der Waals surface area contributed by atoms with Crippen molar-refractivity contribution in [1.82, 2.24) is 0 Å². The lowest BCUT2D eigenvalue weighted by atomic mass is 10.2. The number of nitrogens with zero attached hydrogens (tertiary/aromatic N) is 1. The third kappa shape index (κ3) is 3.29. The molecule has 0 aliphatic heterocycles. The first kappa shape index (κ1) is 13.9. The minimum absolute atomic E-state index is 0.136. The quantitative estimate of drug-likeness (QED) is 0.928. The van der Waals surface area contributed by atoms with Crippen LogP contribution in [0, 0.1) is 0 Å². The summed E-state index contributed by atoms with van der Waals surface area (Å²) in [5, 5.41) is 2.88. The van der Waals surface area contributed by atoms with E-state index in [0.29, 0.717) is 5.56 Å². The fourth-order valence-corrected chi connectivity index (χ4v) is 1.81. The Kier molecular flexibility index (Phi) is 4.25. The fourth-order valence-electron chi connectivity index (χ4n) is 1.81. The molecule has 0 radical (unpaired) electrons. The highest BCUT2D eigenvalue weighted by molar-refractivity contribution is 6.04. The lowest BCUT2D eigenvalue weighted by molar-refractivity contribution is 0.102. The van der Waals surface area contributed by atoms with Gasteiger partial charge in [0, 0.05) is 31.0 Å². The number of carbonyl (C=O) groups excluding carboxylic acids is 1. The van der Waals surface area contributed by atoms with Gasteiger partial charge in [-0.25, -0.2) is 0 Å². The molecular formula is C16H18N2O2. The molecule has 2 rings (SSSR count). The van der Waals surface area contributed by atoms with Crippen LogP contribution in [0.15, 0.2) is 48.5 Å². The lowest BCUT2D eigenvalue weighted by Gasteiger charge is -2.14. The maximum atomic E-state index is 12.1. The first-order valence-corrected chi connectivity index (χ1v) is 6.33. The smallest absolute Gasteiger partial charge is 0.255 e. The Hall–Kier alpha value is -2.49. The van der Waals surface area contributed by atoms with Crippen molar-refractivity contribution < 1.29 is 9.53 Å². The van der Waals surface area contributed by atoms with Crippen LogP contribution in [-0.2, 0) is 0 Å². The van der Waals surface area contributed by atoms with Crippen molar-refractivity contribution >= 4 is 17.3 Å². The van der Waals surface area contributed by atoms with E-state index < -0.39 is 0 Å².